The fourth-order valence-corrected chi connectivity index (χ4v) is 2.10. The minimum absolute atomic E-state index is 0.877. The zero-order valence-electron chi connectivity index (χ0n) is 9.02. The molecule has 0 unspecified atom stereocenters. The lowest BCUT2D eigenvalue weighted by Crippen LogP contribution is -2.13. The first-order chi connectivity index (χ1) is 7.24. The maximum absolute atomic E-state index is 6.10. The quantitative estimate of drug-likeness (QED) is 0.780. The molecule has 1 rings (SSSR count). The van der Waals surface area contributed by atoms with Gasteiger partial charge in [-0.1, -0.05) is 34.5 Å². The molecule has 0 saturated heterocycles. The topological polar surface area (TPSA) is 12.0 Å². The summed E-state index contributed by atoms with van der Waals surface area (Å²) in [7, 11) is 0. The number of hydrogen-bond donors (Lipinski definition) is 1. The van der Waals surface area contributed by atoms with Crippen molar-refractivity contribution < 1.29 is 0 Å². The van der Waals surface area contributed by atoms with E-state index in [0.717, 1.165) is 29.0 Å². The van der Waals surface area contributed by atoms with Crippen LogP contribution in [0.2, 0.25) is 5.02 Å². The van der Waals surface area contributed by atoms with E-state index in [2.05, 4.69) is 34.2 Å². The van der Waals surface area contributed by atoms with E-state index >= 15 is 0 Å². The highest BCUT2D eigenvalue weighted by molar-refractivity contribution is 9.10. The van der Waals surface area contributed by atoms with E-state index < -0.39 is 0 Å². The molecule has 0 fully saturated rings. The van der Waals surface area contributed by atoms with E-state index in [1.807, 2.05) is 12.1 Å². The molecule has 0 saturated carbocycles. The maximum atomic E-state index is 6.10. The Labute approximate surface area is 105 Å². The highest BCUT2D eigenvalue weighted by Crippen LogP contribution is 2.22. The van der Waals surface area contributed by atoms with Crippen LogP contribution in [0.5, 0.6) is 0 Å². The van der Waals surface area contributed by atoms with Crippen LogP contribution >= 0.6 is 27.5 Å². The van der Waals surface area contributed by atoms with Crippen molar-refractivity contribution in [3.63, 3.8) is 0 Å². The molecule has 0 amide bonds. The summed E-state index contributed by atoms with van der Waals surface area (Å²) in [5, 5.41) is 4.19. The van der Waals surface area contributed by atoms with Gasteiger partial charge in [0.05, 0.1) is 0 Å². The van der Waals surface area contributed by atoms with Crippen LogP contribution in [0.25, 0.3) is 0 Å². The van der Waals surface area contributed by atoms with Gasteiger partial charge in [0.25, 0.3) is 0 Å². The van der Waals surface area contributed by atoms with Crippen molar-refractivity contribution >= 4 is 27.5 Å². The SMILES string of the molecule is CCNCCCCc1cc(Br)ccc1Cl. The zero-order valence-corrected chi connectivity index (χ0v) is 11.4. The summed E-state index contributed by atoms with van der Waals surface area (Å²) in [6, 6.07) is 6.03. The van der Waals surface area contributed by atoms with Crippen molar-refractivity contribution in [3.8, 4) is 0 Å². The van der Waals surface area contributed by atoms with E-state index in [-0.39, 0.29) is 0 Å². The largest absolute Gasteiger partial charge is 0.317 e. The van der Waals surface area contributed by atoms with Crippen molar-refractivity contribution in [1.82, 2.24) is 5.32 Å². The second-order valence-corrected chi connectivity index (χ2v) is 4.87. The van der Waals surface area contributed by atoms with Crippen LogP contribution in [0.1, 0.15) is 25.3 Å². The van der Waals surface area contributed by atoms with Gasteiger partial charge in [-0.25, -0.2) is 0 Å². The van der Waals surface area contributed by atoms with Gasteiger partial charge < -0.3 is 5.32 Å². The molecule has 84 valence electrons. The monoisotopic (exact) mass is 289 g/mol. The number of hydrogen-bond acceptors (Lipinski definition) is 1. The molecule has 0 aromatic heterocycles. The number of rotatable bonds is 6. The molecule has 1 N–H and O–H groups in total. The van der Waals surface area contributed by atoms with Crippen LogP contribution in [0.15, 0.2) is 22.7 Å². The average Bonchev–Trinajstić information content (AvgIpc) is 2.23. The molecule has 0 aliphatic rings. The Bertz CT molecular complexity index is 302. The Hall–Kier alpha value is -0.0500. The summed E-state index contributed by atoms with van der Waals surface area (Å²) in [4.78, 5) is 0. The third-order valence-corrected chi connectivity index (χ3v) is 3.17. The van der Waals surface area contributed by atoms with Crippen LogP contribution < -0.4 is 5.32 Å². The Balaban J connectivity index is 2.33. The van der Waals surface area contributed by atoms with Gasteiger partial charge in [0.15, 0.2) is 0 Å². The average molecular weight is 291 g/mol. The van der Waals surface area contributed by atoms with E-state index in [4.69, 9.17) is 11.6 Å². The lowest BCUT2D eigenvalue weighted by molar-refractivity contribution is 0.641. The van der Waals surface area contributed by atoms with Gasteiger partial charge in [0.2, 0.25) is 0 Å². The molecule has 0 heterocycles. The lowest BCUT2D eigenvalue weighted by atomic mass is 10.1. The van der Waals surface area contributed by atoms with Crippen molar-refractivity contribution in [2.75, 3.05) is 13.1 Å². The Morgan fingerprint density at radius 2 is 2.13 bits per heavy atom. The van der Waals surface area contributed by atoms with Crippen molar-refractivity contribution in [2.24, 2.45) is 0 Å². The Kier molecular flexibility index (Phi) is 6.30. The lowest BCUT2D eigenvalue weighted by Gasteiger charge is -2.05. The van der Waals surface area contributed by atoms with Gasteiger partial charge >= 0.3 is 0 Å². The van der Waals surface area contributed by atoms with E-state index in [1.54, 1.807) is 0 Å². The van der Waals surface area contributed by atoms with Crippen LogP contribution in [-0.2, 0) is 6.42 Å². The summed E-state index contributed by atoms with van der Waals surface area (Å²) >= 11 is 9.56. The predicted octanol–water partition coefficient (Wildman–Crippen LogP) is 4.03. The third-order valence-electron chi connectivity index (χ3n) is 2.31. The molecule has 0 aliphatic carbocycles. The molecular weight excluding hydrogens is 273 g/mol. The molecule has 1 nitrogen and oxygen atoms in total. The molecule has 0 atom stereocenters. The molecule has 0 bridgehead atoms. The molecule has 1 aromatic carbocycles. The molecule has 0 radical (unpaired) electrons. The number of unbranched alkanes of at least 4 members (excludes halogenated alkanes) is 1. The molecular formula is C12H17BrClN. The summed E-state index contributed by atoms with van der Waals surface area (Å²) in [5.74, 6) is 0. The second-order valence-electron chi connectivity index (χ2n) is 3.55. The zero-order chi connectivity index (χ0) is 11.1. The summed E-state index contributed by atoms with van der Waals surface area (Å²) in [6.45, 7) is 4.28. The molecule has 0 aliphatic heterocycles. The molecule has 1 aromatic rings. The van der Waals surface area contributed by atoms with Crippen LogP contribution in [0.4, 0.5) is 0 Å². The first-order valence-electron chi connectivity index (χ1n) is 5.38. The highest BCUT2D eigenvalue weighted by atomic mass is 79.9. The second kappa shape index (κ2) is 7.26. The standard InChI is InChI=1S/C12H17BrClN/c1-2-15-8-4-3-5-10-9-11(13)6-7-12(10)14/h6-7,9,15H,2-5,8H2,1H3. The number of aryl methyl sites for hydroxylation is 1. The first-order valence-corrected chi connectivity index (χ1v) is 6.55. The van der Waals surface area contributed by atoms with Crippen LogP contribution in [-0.4, -0.2) is 13.1 Å². The van der Waals surface area contributed by atoms with Crippen LogP contribution in [0, 0.1) is 0 Å². The minimum Gasteiger partial charge on any atom is -0.317 e. The fourth-order valence-electron chi connectivity index (χ4n) is 1.48. The van der Waals surface area contributed by atoms with E-state index in [1.165, 1.54) is 18.4 Å². The summed E-state index contributed by atoms with van der Waals surface area (Å²) in [6.07, 6.45) is 3.45. The van der Waals surface area contributed by atoms with Gasteiger partial charge in [-0.3, -0.25) is 0 Å². The van der Waals surface area contributed by atoms with E-state index in [0.29, 0.717) is 0 Å². The number of nitrogens with one attached hydrogen (secondary N) is 1. The molecule has 15 heavy (non-hydrogen) atoms. The van der Waals surface area contributed by atoms with Gasteiger partial charge in [-0.15, -0.1) is 0 Å². The fraction of sp³-hybridized carbons (Fsp3) is 0.500. The smallest absolute Gasteiger partial charge is 0.0438 e. The van der Waals surface area contributed by atoms with E-state index in [9.17, 15) is 0 Å². The van der Waals surface area contributed by atoms with Crippen molar-refractivity contribution in [2.45, 2.75) is 26.2 Å². The summed E-state index contributed by atoms with van der Waals surface area (Å²) in [5.41, 5.74) is 1.24. The Morgan fingerprint density at radius 1 is 1.33 bits per heavy atom. The van der Waals surface area contributed by atoms with Crippen molar-refractivity contribution in [1.29, 1.82) is 0 Å². The minimum atomic E-state index is 0.877. The highest BCUT2D eigenvalue weighted by Gasteiger charge is 2.00. The van der Waals surface area contributed by atoms with Gasteiger partial charge in [0, 0.05) is 9.50 Å². The number of benzene rings is 1. The molecule has 0 spiro atoms. The summed E-state index contributed by atoms with van der Waals surface area (Å²) < 4.78 is 1.11. The van der Waals surface area contributed by atoms with Gasteiger partial charge in [-0.05, 0) is 56.1 Å². The van der Waals surface area contributed by atoms with Gasteiger partial charge in [0.1, 0.15) is 0 Å². The first kappa shape index (κ1) is 13.0. The molecule has 3 heteroatoms. The Morgan fingerprint density at radius 3 is 2.87 bits per heavy atom. The normalized spacial score (nSPS) is 10.6. The third kappa shape index (κ3) is 5.01. The van der Waals surface area contributed by atoms with Crippen LogP contribution in [0.3, 0.4) is 0 Å². The number of halogens is 2. The van der Waals surface area contributed by atoms with Crippen molar-refractivity contribution in [3.05, 3.63) is 33.3 Å². The predicted molar refractivity (Wildman–Crippen MR) is 70.6 cm³/mol. The maximum Gasteiger partial charge on any atom is 0.0438 e. The van der Waals surface area contributed by atoms with Gasteiger partial charge in [-0.2, -0.15) is 0 Å².